The number of hydrogen-bond donors (Lipinski definition) is 0. The van der Waals surface area contributed by atoms with E-state index in [1.807, 2.05) is 32.9 Å². The van der Waals surface area contributed by atoms with Crippen molar-refractivity contribution in [2.45, 2.75) is 20.8 Å². The Hall–Kier alpha value is -3.08. The van der Waals surface area contributed by atoms with Crippen LogP contribution in [0.3, 0.4) is 0 Å². The smallest absolute Gasteiger partial charge is 0.331 e. The Morgan fingerprint density at radius 1 is 0.889 bits per heavy atom. The molecular weight excluding hydrogens is 344 g/mol. The number of carbonyl (C=O) groups excluding carboxylic acids is 2. The van der Waals surface area contributed by atoms with E-state index in [1.165, 1.54) is 6.08 Å². The van der Waals surface area contributed by atoms with E-state index in [0.29, 0.717) is 17.1 Å². The summed E-state index contributed by atoms with van der Waals surface area (Å²) in [6.07, 6.45) is 2.87. The number of hydrogen-bond acceptors (Lipinski definition) is 5. The van der Waals surface area contributed by atoms with Crippen LogP contribution in [-0.4, -0.2) is 32.6 Å². The van der Waals surface area contributed by atoms with Crippen LogP contribution in [0.25, 0.3) is 6.08 Å². The van der Waals surface area contributed by atoms with E-state index in [4.69, 9.17) is 14.2 Å². The Morgan fingerprint density at radius 3 is 2.22 bits per heavy atom. The Labute approximate surface area is 159 Å². The first kappa shape index (κ1) is 20.2. The molecule has 0 unspecified atom stereocenters. The SMILES string of the molecule is COc1ccc(C=CC(=O)OCC(=O)c2cc(C)c(C)cc2C)cc1OC. The molecule has 2 rings (SSSR count). The molecule has 0 aromatic heterocycles. The van der Waals surface area contributed by atoms with Crippen molar-refractivity contribution in [1.82, 2.24) is 0 Å². The fourth-order valence-electron chi connectivity index (χ4n) is 2.64. The summed E-state index contributed by atoms with van der Waals surface area (Å²) in [6.45, 7) is 5.52. The molecule has 0 aliphatic rings. The van der Waals surface area contributed by atoms with Crippen LogP contribution in [0.4, 0.5) is 0 Å². The van der Waals surface area contributed by atoms with E-state index in [1.54, 1.807) is 38.5 Å². The molecule has 0 radical (unpaired) electrons. The average molecular weight is 368 g/mol. The summed E-state index contributed by atoms with van der Waals surface area (Å²) in [5.74, 6) is 0.364. The largest absolute Gasteiger partial charge is 0.493 e. The van der Waals surface area contributed by atoms with Crippen molar-refractivity contribution in [3.63, 3.8) is 0 Å². The molecule has 5 nitrogen and oxygen atoms in total. The minimum Gasteiger partial charge on any atom is -0.493 e. The maximum absolute atomic E-state index is 12.3. The van der Waals surface area contributed by atoms with Gasteiger partial charge in [0.05, 0.1) is 14.2 Å². The zero-order valence-electron chi connectivity index (χ0n) is 16.3. The van der Waals surface area contributed by atoms with Crippen LogP contribution in [0.2, 0.25) is 0 Å². The first-order valence-electron chi connectivity index (χ1n) is 8.53. The lowest BCUT2D eigenvalue weighted by Crippen LogP contribution is -2.14. The van der Waals surface area contributed by atoms with Gasteiger partial charge in [-0.05, 0) is 67.3 Å². The Bertz CT molecular complexity index is 881. The van der Waals surface area contributed by atoms with Crippen LogP contribution in [-0.2, 0) is 9.53 Å². The molecule has 5 heteroatoms. The Kier molecular flexibility index (Phi) is 6.77. The molecule has 0 aliphatic carbocycles. The predicted octanol–water partition coefficient (Wildman–Crippen LogP) is 4.07. The molecular formula is C22H24O5. The topological polar surface area (TPSA) is 61.8 Å². The van der Waals surface area contributed by atoms with Crippen molar-refractivity contribution in [3.8, 4) is 11.5 Å². The van der Waals surface area contributed by atoms with Gasteiger partial charge in [-0.2, -0.15) is 0 Å². The number of rotatable bonds is 7. The second kappa shape index (κ2) is 9.03. The summed E-state index contributed by atoms with van der Waals surface area (Å²) >= 11 is 0. The lowest BCUT2D eigenvalue weighted by atomic mass is 9.98. The first-order valence-corrected chi connectivity index (χ1v) is 8.53. The summed E-state index contributed by atoms with van der Waals surface area (Å²) in [5, 5.41) is 0. The fraction of sp³-hybridized carbons (Fsp3) is 0.273. The number of benzene rings is 2. The van der Waals surface area contributed by atoms with Crippen molar-refractivity contribution < 1.29 is 23.8 Å². The quantitative estimate of drug-likeness (QED) is 0.419. The van der Waals surface area contributed by atoms with Crippen molar-refractivity contribution in [2.75, 3.05) is 20.8 Å². The number of methoxy groups -OCH3 is 2. The zero-order valence-corrected chi connectivity index (χ0v) is 16.3. The number of carbonyl (C=O) groups is 2. The third-order valence-electron chi connectivity index (χ3n) is 4.31. The minimum atomic E-state index is -0.584. The molecule has 0 amide bonds. The summed E-state index contributed by atoms with van der Waals surface area (Å²) in [6, 6.07) is 9.07. The van der Waals surface area contributed by atoms with Crippen LogP contribution in [0, 0.1) is 20.8 Å². The molecule has 0 heterocycles. The van der Waals surface area contributed by atoms with Crippen molar-refractivity contribution >= 4 is 17.8 Å². The number of Topliss-reactive ketones (excluding diaryl/α,β-unsaturated/α-hetero) is 1. The number of ether oxygens (including phenoxy) is 3. The van der Waals surface area contributed by atoms with Gasteiger partial charge in [0, 0.05) is 11.6 Å². The van der Waals surface area contributed by atoms with E-state index in [-0.39, 0.29) is 12.4 Å². The summed E-state index contributed by atoms with van der Waals surface area (Å²) < 4.78 is 15.5. The lowest BCUT2D eigenvalue weighted by Gasteiger charge is -2.09. The molecule has 2 aromatic carbocycles. The van der Waals surface area contributed by atoms with E-state index >= 15 is 0 Å². The molecule has 0 saturated heterocycles. The predicted molar refractivity (Wildman–Crippen MR) is 105 cm³/mol. The molecule has 0 fully saturated rings. The van der Waals surface area contributed by atoms with Gasteiger partial charge in [-0.25, -0.2) is 4.79 Å². The molecule has 142 valence electrons. The number of aryl methyl sites for hydroxylation is 3. The average Bonchev–Trinajstić information content (AvgIpc) is 2.66. The zero-order chi connectivity index (χ0) is 20.0. The highest BCUT2D eigenvalue weighted by atomic mass is 16.5. The van der Waals surface area contributed by atoms with E-state index in [9.17, 15) is 9.59 Å². The maximum Gasteiger partial charge on any atom is 0.331 e. The maximum atomic E-state index is 12.3. The van der Waals surface area contributed by atoms with Crippen molar-refractivity contribution in [3.05, 3.63) is 64.2 Å². The monoisotopic (exact) mass is 368 g/mol. The molecule has 0 spiro atoms. The van der Waals surface area contributed by atoms with Crippen molar-refractivity contribution in [1.29, 1.82) is 0 Å². The van der Waals surface area contributed by atoms with Gasteiger partial charge in [0.25, 0.3) is 0 Å². The summed E-state index contributed by atoms with van der Waals surface area (Å²) in [5.41, 5.74) is 4.36. The van der Waals surface area contributed by atoms with Gasteiger partial charge >= 0.3 is 5.97 Å². The second-order valence-corrected chi connectivity index (χ2v) is 6.23. The summed E-state index contributed by atoms with van der Waals surface area (Å²) in [4.78, 5) is 24.2. The highest BCUT2D eigenvalue weighted by Crippen LogP contribution is 2.28. The normalized spacial score (nSPS) is 10.7. The molecule has 0 aliphatic heterocycles. The molecule has 2 aromatic rings. The first-order chi connectivity index (χ1) is 12.8. The van der Waals surface area contributed by atoms with Gasteiger partial charge in [0.1, 0.15) is 0 Å². The van der Waals surface area contributed by atoms with Gasteiger partial charge in [-0.15, -0.1) is 0 Å². The number of esters is 1. The standard InChI is InChI=1S/C22H24O5/c1-14-10-16(3)18(11-15(14)2)19(23)13-27-22(24)9-7-17-6-8-20(25-4)21(12-17)26-5/h6-12H,13H2,1-5H3. The van der Waals surface area contributed by atoms with Crippen LogP contribution < -0.4 is 9.47 Å². The lowest BCUT2D eigenvalue weighted by molar-refractivity contribution is -0.136. The third kappa shape index (κ3) is 5.20. The fourth-order valence-corrected chi connectivity index (χ4v) is 2.64. The molecule has 0 bridgehead atoms. The molecule has 0 saturated carbocycles. The Balaban J connectivity index is 1.99. The van der Waals surface area contributed by atoms with E-state index in [2.05, 4.69) is 0 Å². The van der Waals surface area contributed by atoms with Crippen LogP contribution in [0.1, 0.15) is 32.6 Å². The van der Waals surface area contributed by atoms with Gasteiger partial charge in [0.15, 0.2) is 18.1 Å². The molecule has 0 N–H and O–H groups in total. The molecule has 27 heavy (non-hydrogen) atoms. The third-order valence-corrected chi connectivity index (χ3v) is 4.31. The number of ketones is 1. The van der Waals surface area contributed by atoms with Crippen molar-refractivity contribution in [2.24, 2.45) is 0 Å². The summed E-state index contributed by atoms with van der Waals surface area (Å²) in [7, 11) is 3.10. The van der Waals surface area contributed by atoms with Gasteiger partial charge in [0.2, 0.25) is 5.78 Å². The minimum absolute atomic E-state index is 0.219. The van der Waals surface area contributed by atoms with Crippen LogP contribution in [0.5, 0.6) is 11.5 Å². The van der Waals surface area contributed by atoms with Gasteiger partial charge < -0.3 is 14.2 Å². The molecule has 0 atom stereocenters. The van der Waals surface area contributed by atoms with Crippen LogP contribution >= 0.6 is 0 Å². The Morgan fingerprint density at radius 2 is 1.56 bits per heavy atom. The highest BCUT2D eigenvalue weighted by molar-refractivity contribution is 6.00. The van der Waals surface area contributed by atoms with Gasteiger partial charge in [-0.3, -0.25) is 4.79 Å². The second-order valence-electron chi connectivity index (χ2n) is 6.23. The van der Waals surface area contributed by atoms with Crippen LogP contribution in [0.15, 0.2) is 36.4 Å². The van der Waals surface area contributed by atoms with E-state index < -0.39 is 5.97 Å². The van der Waals surface area contributed by atoms with Gasteiger partial charge in [-0.1, -0.05) is 12.1 Å². The highest BCUT2D eigenvalue weighted by Gasteiger charge is 2.12. The van der Waals surface area contributed by atoms with E-state index in [0.717, 1.165) is 22.3 Å².